The lowest BCUT2D eigenvalue weighted by Crippen LogP contribution is -2.50. The van der Waals surface area contributed by atoms with Gasteiger partial charge in [0.1, 0.15) is 5.54 Å². The lowest BCUT2D eigenvalue weighted by molar-refractivity contribution is -0.134. The summed E-state index contributed by atoms with van der Waals surface area (Å²) in [5.74, 6) is 0.696. The third-order valence-corrected chi connectivity index (χ3v) is 6.75. The fourth-order valence-corrected chi connectivity index (χ4v) is 4.50. The van der Waals surface area contributed by atoms with Gasteiger partial charge in [-0.2, -0.15) is 0 Å². The van der Waals surface area contributed by atoms with Gasteiger partial charge in [0.2, 0.25) is 0 Å². The van der Waals surface area contributed by atoms with Gasteiger partial charge >= 0.3 is 6.03 Å². The van der Waals surface area contributed by atoms with Crippen LogP contribution in [0.5, 0.6) is 0 Å². The molecular weight excluding hydrogens is 320 g/mol. The van der Waals surface area contributed by atoms with E-state index in [1.807, 2.05) is 0 Å². The van der Waals surface area contributed by atoms with Crippen LogP contribution in [0.1, 0.15) is 51.9 Å². The molecule has 3 fully saturated rings. The second kappa shape index (κ2) is 5.00. The predicted molar refractivity (Wildman–Crippen MR) is 80.7 cm³/mol. The molecule has 2 saturated carbocycles. The quantitative estimate of drug-likeness (QED) is 0.633. The number of carbonyl (C=O) groups excluding carboxylic acids is 2. The molecule has 0 aromatic carbocycles. The molecule has 0 radical (unpaired) electrons. The number of hydrogen-bond acceptors (Lipinski definition) is 2. The van der Waals surface area contributed by atoms with Crippen molar-refractivity contribution in [2.24, 2.45) is 11.3 Å². The van der Waals surface area contributed by atoms with Gasteiger partial charge in [-0.25, -0.2) is 4.79 Å². The summed E-state index contributed by atoms with van der Waals surface area (Å²) in [5.41, 5.74) is -0.457. The highest BCUT2D eigenvalue weighted by molar-refractivity contribution is 9.09. The molecule has 1 heterocycles. The zero-order valence-electron chi connectivity index (χ0n) is 12.1. The molecule has 3 aliphatic rings. The molecule has 0 bridgehead atoms. The van der Waals surface area contributed by atoms with Crippen LogP contribution in [-0.4, -0.2) is 34.3 Å². The smallest absolute Gasteiger partial charge is 0.323 e. The monoisotopic (exact) mass is 342 g/mol. The van der Waals surface area contributed by atoms with Crippen molar-refractivity contribution < 1.29 is 9.59 Å². The molecule has 0 aromatic rings. The number of alkyl halides is 1. The lowest BCUT2D eigenvalue weighted by atomic mass is 9.70. The number of imide groups is 1. The van der Waals surface area contributed by atoms with Crippen molar-refractivity contribution >= 4 is 27.9 Å². The van der Waals surface area contributed by atoms with E-state index in [0.29, 0.717) is 12.5 Å². The average molecular weight is 343 g/mol. The Bertz CT molecular complexity index is 420. The van der Waals surface area contributed by atoms with Crippen molar-refractivity contribution in [2.75, 3.05) is 11.9 Å². The highest BCUT2D eigenvalue weighted by Gasteiger charge is 2.54. The Balaban J connectivity index is 1.74. The summed E-state index contributed by atoms with van der Waals surface area (Å²) in [7, 11) is 0. The lowest BCUT2D eigenvalue weighted by Gasteiger charge is -2.42. The predicted octanol–water partition coefficient (Wildman–Crippen LogP) is 3.05. The highest BCUT2D eigenvalue weighted by atomic mass is 79.9. The van der Waals surface area contributed by atoms with E-state index in [0.717, 1.165) is 43.9 Å². The molecule has 20 heavy (non-hydrogen) atoms. The molecule has 3 rings (SSSR count). The van der Waals surface area contributed by atoms with Crippen molar-refractivity contribution in [1.82, 2.24) is 10.2 Å². The van der Waals surface area contributed by atoms with Gasteiger partial charge in [-0.05, 0) is 49.9 Å². The molecule has 3 amide bonds. The summed E-state index contributed by atoms with van der Waals surface area (Å²) in [5, 5.41) is 3.88. The van der Waals surface area contributed by atoms with Crippen LogP contribution in [0.3, 0.4) is 0 Å². The van der Waals surface area contributed by atoms with Crippen LogP contribution in [0, 0.1) is 11.3 Å². The van der Waals surface area contributed by atoms with Crippen LogP contribution in [0.4, 0.5) is 4.79 Å². The number of nitrogens with zero attached hydrogens (tertiary/aromatic N) is 1. The second-order valence-corrected chi connectivity index (χ2v) is 7.63. The normalized spacial score (nSPS) is 36.1. The van der Waals surface area contributed by atoms with Crippen molar-refractivity contribution in [3.05, 3.63) is 0 Å². The Morgan fingerprint density at radius 3 is 2.40 bits per heavy atom. The van der Waals surface area contributed by atoms with Crippen molar-refractivity contribution in [3.63, 3.8) is 0 Å². The zero-order valence-corrected chi connectivity index (χ0v) is 13.7. The van der Waals surface area contributed by atoms with Gasteiger partial charge in [-0.1, -0.05) is 29.3 Å². The van der Waals surface area contributed by atoms with E-state index in [2.05, 4.69) is 28.2 Å². The Hall–Kier alpha value is -0.580. The summed E-state index contributed by atoms with van der Waals surface area (Å²) in [4.78, 5) is 26.5. The van der Waals surface area contributed by atoms with Gasteiger partial charge in [0.25, 0.3) is 5.91 Å². The first-order chi connectivity index (χ1) is 9.50. The second-order valence-electron chi connectivity index (χ2n) is 7.07. The molecule has 0 unspecified atom stereocenters. The first-order valence-corrected chi connectivity index (χ1v) is 8.83. The minimum absolute atomic E-state index is 0.0293. The first-order valence-electron chi connectivity index (χ1n) is 7.70. The Labute approximate surface area is 128 Å². The number of halogens is 1. The topological polar surface area (TPSA) is 49.4 Å². The maximum absolute atomic E-state index is 12.8. The molecular formula is C15H23BrN2O2. The summed E-state index contributed by atoms with van der Waals surface area (Å²) >= 11 is 3.56. The largest absolute Gasteiger partial charge is 0.325 e. The molecule has 1 N–H and O–H groups in total. The van der Waals surface area contributed by atoms with Gasteiger partial charge in [0.15, 0.2) is 0 Å². The fourth-order valence-electron chi connectivity index (χ4n) is 3.76. The molecule has 5 heteroatoms. The average Bonchev–Trinajstić information content (AvgIpc) is 2.61. The van der Waals surface area contributed by atoms with E-state index >= 15 is 0 Å². The molecule has 1 aliphatic heterocycles. The zero-order chi connectivity index (χ0) is 14.4. The number of rotatable bonds is 3. The minimum Gasteiger partial charge on any atom is -0.323 e. The molecule has 2 aliphatic carbocycles. The molecule has 0 aromatic heterocycles. The standard InChI is InChI=1S/C15H23BrN2O2/c1-11-3-7-15(8-4-11)12(19)18(13(20)17-15)10-14(9-16)5-2-6-14/h11H,2-10H2,1H3,(H,17,20). The third-order valence-electron chi connectivity index (χ3n) is 5.56. The summed E-state index contributed by atoms with van der Waals surface area (Å²) in [6.07, 6.45) is 7.09. The number of nitrogens with one attached hydrogen (secondary N) is 1. The highest BCUT2D eigenvalue weighted by Crippen LogP contribution is 2.45. The van der Waals surface area contributed by atoms with Crippen LogP contribution in [0.25, 0.3) is 0 Å². The summed E-state index contributed by atoms with van der Waals surface area (Å²) in [6.45, 7) is 2.81. The van der Waals surface area contributed by atoms with Crippen LogP contribution in [-0.2, 0) is 4.79 Å². The van der Waals surface area contributed by atoms with Gasteiger partial charge in [0.05, 0.1) is 0 Å². The fraction of sp³-hybridized carbons (Fsp3) is 0.867. The summed E-state index contributed by atoms with van der Waals surface area (Å²) in [6, 6.07) is -0.170. The van der Waals surface area contributed by atoms with Crippen molar-refractivity contribution in [3.8, 4) is 0 Å². The minimum atomic E-state index is -0.582. The number of hydrogen-bond donors (Lipinski definition) is 1. The molecule has 4 nitrogen and oxygen atoms in total. The van der Waals surface area contributed by atoms with Crippen LogP contribution >= 0.6 is 15.9 Å². The van der Waals surface area contributed by atoms with Gasteiger partial charge in [-0.15, -0.1) is 0 Å². The van der Waals surface area contributed by atoms with Crippen LogP contribution in [0.15, 0.2) is 0 Å². The number of amides is 3. The SMILES string of the molecule is CC1CCC2(CC1)NC(=O)N(CC1(CBr)CCC1)C2=O. The third kappa shape index (κ3) is 2.18. The van der Waals surface area contributed by atoms with E-state index in [1.54, 1.807) is 0 Å². The van der Waals surface area contributed by atoms with Gasteiger partial charge in [0, 0.05) is 11.9 Å². The molecule has 1 spiro atoms. The van der Waals surface area contributed by atoms with Crippen molar-refractivity contribution in [1.29, 1.82) is 0 Å². The summed E-state index contributed by atoms with van der Waals surface area (Å²) < 4.78 is 0. The van der Waals surface area contributed by atoms with E-state index in [9.17, 15) is 9.59 Å². The number of carbonyl (C=O) groups is 2. The van der Waals surface area contributed by atoms with Crippen molar-refractivity contribution in [2.45, 2.75) is 57.4 Å². The van der Waals surface area contributed by atoms with Gasteiger partial charge < -0.3 is 5.32 Å². The molecule has 1 saturated heterocycles. The van der Waals surface area contributed by atoms with Crippen LogP contribution < -0.4 is 5.32 Å². The van der Waals surface area contributed by atoms with E-state index in [4.69, 9.17) is 0 Å². The maximum Gasteiger partial charge on any atom is 0.325 e. The Morgan fingerprint density at radius 1 is 1.25 bits per heavy atom. The number of urea groups is 1. The first kappa shape index (κ1) is 14.4. The Kier molecular flexibility index (Phi) is 3.59. The molecule has 112 valence electrons. The Morgan fingerprint density at radius 2 is 1.90 bits per heavy atom. The van der Waals surface area contributed by atoms with E-state index < -0.39 is 5.54 Å². The molecule has 0 atom stereocenters. The van der Waals surface area contributed by atoms with Gasteiger partial charge in [-0.3, -0.25) is 9.69 Å². The van der Waals surface area contributed by atoms with Crippen LogP contribution in [0.2, 0.25) is 0 Å². The maximum atomic E-state index is 12.8. The van der Waals surface area contributed by atoms with E-state index in [-0.39, 0.29) is 17.4 Å². The van der Waals surface area contributed by atoms with E-state index in [1.165, 1.54) is 11.3 Å².